The molecule has 0 spiro atoms. The van der Waals surface area contributed by atoms with Gasteiger partial charge in [0, 0.05) is 19.7 Å². The van der Waals surface area contributed by atoms with Gasteiger partial charge in [-0.3, -0.25) is 0 Å². The molecule has 2 N–H and O–H groups in total. The number of hydrogen-bond donors (Lipinski definition) is 2. The third-order valence-corrected chi connectivity index (χ3v) is 2.97. The van der Waals surface area contributed by atoms with Crippen LogP contribution in [0.2, 0.25) is 0 Å². The summed E-state index contributed by atoms with van der Waals surface area (Å²) in [6, 6.07) is 0.136. The summed E-state index contributed by atoms with van der Waals surface area (Å²) in [4.78, 5) is 0. The van der Waals surface area contributed by atoms with Crippen molar-refractivity contribution < 1.29 is 13.2 Å². The minimum Gasteiger partial charge on any atom is -0.384 e. The van der Waals surface area contributed by atoms with Crippen molar-refractivity contribution in [3.8, 4) is 0 Å². The van der Waals surface area contributed by atoms with E-state index in [1.165, 1.54) is 7.11 Å². The van der Waals surface area contributed by atoms with E-state index in [9.17, 15) is 8.42 Å². The highest BCUT2D eigenvalue weighted by molar-refractivity contribution is 7.89. The van der Waals surface area contributed by atoms with E-state index in [0.717, 1.165) is 0 Å². The topological polar surface area (TPSA) is 67.4 Å². The predicted molar refractivity (Wildman–Crippen MR) is 59.4 cm³/mol. The maximum absolute atomic E-state index is 11.2. The van der Waals surface area contributed by atoms with Crippen LogP contribution in [0, 0.1) is 0 Å². The van der Waals surface area contributed by atoms with Gasteiger partial charge < -0.3 is 10.1 Å². The van der Waals surface area contributed by atoms with Crippen LogP contribution in [0.1, 0.15) is 6.92 Å². The van der Waals surface area contributed by atoms with Gasteiger partial charge in [0.05, 0.1) is 12.4 Å². The summed E-state index contributed by atoms with van der Waals surface area (Å²) in [6.45, 7) is 2.53. The quantitative estimate of drug-likeness (QED) is 0.641. The Morgan fingerprint density at radius 3 is 2.43 bits per heavy atom. The van der Waals surface area contributed by atoms with Crippen LogP contribution in [0.5, 0.6) is 0 Å². The van der Waals surface area contributed by atoms with Crippen molar-refractivity contribution in [3.05, 3.63) is 0 Å². The molecule has 0 aliphatic rings. The van der Waals surface area contributed by atoms with Crippen LogP contribution in [-0.2, 0) is 14.8 Å². The van der Waals surface area contributed by atoms with Gasteiger partial charge in [-0.05, 0) is 14.0 Å². The van der Waals surface area contributed by atoms with Crippen LogP contribution in [0.25, 0.3) is 0 Å². The third kappa shape index (κ3) is 8.71. The van der Waals surface area contributed by atoms with E-state index in [0.29, 0.717) is 6.54 Å². The molecule has 0 heterocycles. The second-order valence-corrected chi connectivity index (χ2v) is 4.78. The van der Waals surface area contributed by atoms with Crippen molar-refractivity contribution in [2.24, 2.45) is 0 Å². The number of hydrogen-bond acceptors (Lipinski definition) is 4. The minimum absolute atomic E-state index is 0. The van der Waals surface area contributed by atoms with Gasteiger partial charge in [0.2, 0.25) is 10.0 Å². The maximum Gasteiger partial charge on any atom is 0.213 e. The van der Waals surface area contributed by atoms with Crippen LogP contribution < -0.4 is 10.0 Å². The molecule has 0 aromatic rings. The predicted octanol–water partition coefficient (Wildman–Crippen LogP) is -0.418. The molecular formula is C7H19ClN2O3S. The number of halogens is 1. The molecule has 0 saturated heterocycles. The maximum atomic E-state index is 11.2. The van der Waals surface area contributed by atoms with Crippen molar-refractivity contribution in [3.63, 3.8) is 0 Å². The Balaban J connectivity index is 0. The molecule has 0 aromatic carbocycles. The van der Waals surface area contributed by atoms with Crippen molar-refractivity contribution in [2.75, 3.05) is 33.1 Å². The average molecular weight is 247 g/mol. The molecule has 0 radical (unpaired) electrons. The van der Waals surface area contributed by atoms with Crippen LogP contribution in [0.4, 0.5) is 0 Å². The Morgan fingerprint density at radius 2 is 2.00 bits per heavy atom. The molecule has 0 amide bonds. The fourth-order valence-corrected chi connectivity index (χ4v) is 1.65. The van der Waals surface area contributed by atoms with E-state index in [1.807, 2.05) is 6.92 Å². The van der Waals surface area contributed by atoms with Crippen LogP contribution in [-0.4, -0.2) is 47.5 Å². The Hall–Kier alpha value is 0.120. The van der Waals surface area contributed by atoms with Gasteiger partial charge >= 0.3 is 0 Å². The zero-order valence-electron chi connectivity index (χ0n) is 8.74. The zero-order valence-corrected chi connectivity index (χ0v) is 10.4. The summed E-state index contributed by atoms with van der Waals surface area (Å²) < 4.78 is 29.5. The third-order valence-electron chi connectivity index (χ3n) is 1.66. The Bertz CT molecular complexity index is 221. The summed E-state index contributed by atoms with van der Waals surface area (Å²) in [7, 11) is 0.0999. The fraction of sp³-hybridized carbons (Fsp3) is 1.00. The largest absolute Gasteiger partial charge is 0.384 e. The van der Waals surface area contributed by atoms with E-state index < -0.39 is 10.0 Å². The molecular weight excluding hydrogens is 228 g/mol. The van der Waals surface area contributed by atoms with E-state index in [4.69, 9.17) is 0 Å². The van der Waals surface area contributed by atoms with Gasteiger partial charge in [-0.25, -0.2) is 13.1 Å². The first-order valence-corrected chi connectivity index (χ1v) is 5.80. The first-order chi connectivity index (χ1) is 6.02. The van der Waals surface area contributed by atoms with Gasteiger partial charge in [-0.1, -0.05) is 0 Å². The molecule has 0 rings (SSSR count). The standard InChI is InChI=1S/C7H18N2O3S.ClH/c1-7(8-2)6-9-13(10,11)5-4-12-3;/h7-9H,4-6H2,1-3H3;1H. The second-order valence-electron chi connectivity index (χ2n) is 2.85. The number of sulfonamides is 1. The molecule has 5 nitrogen and oxygen atoms in total. The molecule has 7 heteroatoms. The summed E-state index contributed by atoms with van der Waals surface area (Å²) in [5.41, 5.74) is 0. The van der Waals surface area contributed by atoms with Gasteiger partial charge in [-0.15, -0.1) is 12.4 Å². The van der Waals surface area contributed by atoms with E-state index in [-0.39, 0.29) is 30.8 Å². The minimum atomic E-state index is -3.16. The highest BCUT2D eigenvalue weighted by Crippen LogP contribution is 1.86. The zero-order chi connectivity index (χ0) is 10.3. The van der Waals surface area contributed by atoms with Crippen molar-refractivity contribution in [1.29, 1.82) is 0 Å². The van der Waals surface area contributed by atoms with Crippen molar-refractivity contribution >= 4 is 22.4 Å². The van der Waals surface area contributed by atoms with Gasteiger partial charge in [0.1, 0.15) is 0 Å². The number of likely N-dealkylation sites (N-methyl/N-ethyl adjacent to an activating group) is 1. The lowest BCUT2D eigenvalue weighted by Gasteiger charge is -2.11. The summed E-state index contributed by atoms with van der Waals surface area (Å²) in [6.07, 6.45) is 0. The first-order valence-electron chi connectivity index (χ1n) is 4.15. The number of methoxy groups -OCH3 is 1. The summed E-state index contributed by atoms with van der Waals surface area (Å²) in [5.74, 6) is 0.0138. The summed E-state index contributed by atoms with van der Waals surface area (Å²) >= 11 is 0. The van der Waals surface area contributed by atoms with Gasteiger partial charge in [0.15, 0.2) is 0 Å². The molecule has 0 aliphatic carbocycles. The molecule has 88 valence electrons. The number of rotatable bonds is 7. The normalized spacial score (nSPS) is 13.4. The Kier molecular flexibility index (Phi) is 9.96. The molecule has 1 unspecified atom stereocenters. The number of ether oxygens (including phenoxy) is 1. The Morgan fingerprint density at radius 1 is 1.43 bits per heavy atom. The molecule has 0 bridgehead atoms. The highest BCUT2D eigenvalue weighted by Gasteiger charge is 2.10. The van der Waals surface area contributed by atoms with Gasteiger partial charge in [0.25, 0.3) is 0 Å². The number of nitrogens with one attached hydrogen (secondary N) is 2. The lowest BCUT2D eigenvalue weighted by atomic mass is 10.4. The second kappa shape index (κ2) is 8.43. The van der Waals surface area contributed by atoms with Crippen LogP contribution in [0.15, 0.2) is 0 Å². The van der Waals surface area contributed by atoms with Crippen molar-refractivity contribution in [2.45, 2.75) is 13.0 Å². The molecule has 14 heavy (non-hydrogen) atoms. The fourth-order valence-electron chi connectivity index (χ4n) is 0.619. The smallest absolute Gasteiger partial charge is 0.213 e. The molecule has 0 aliphatic heterocycles. The molecule has 0 saturated carbocycles. The van der Waals surface area contributed by atoms with Crippen LogP contribution in [0.3, 0.4) is 0 Å². The molecule has 0 fully saturated rings. The first kappa shape index (κ1) is 16.5. The van der Waals surface area contributed by atoms with E-state index >= 15 is 0 Å². The Labute approximate surface area is 92.1 Å². The monoisotopic (exact) mass is 246 g/mol. The van der Waals surface area contributed by atoms with Crippen LogP contribution >= 0.6 is 12.4 Å². The average Bonchev–Trinajstić information content (AvgIpc) is 2.11. The van der Waals surface area contributed by atoms with E-state index in [1.54, 1.807) is 7.05 Å². The molecule has 0 aromatic heterocycles. The summed E-state index contributed by atoms with van der Waals surface area (Å²) in [5, 5.41) is 2.94. The van der Waals surface area contributed by atoms with E-state index in [2.05, 4.69) is 14.8 Å². The lowest BCUT2D eigenvalue weighted by molar-refractivity contribution is 0.217. The molecule has 1 atom stereocenters. The SMILES string of the molecule is CNC(C)CNS(=O)(=O)CCOC.Cl. The van der Waals surface area contributed by atoms with Crippen molar-refractivity contribution in [1.82, 2.24) is 10.0 Å². The lowest BCUT2D eigenvalue weighted by Crippen LogP contribution is -2.38. The highest BCUT2D eigenvalue weighted by atomic mass is 35.5. The van der Waals surface area contributed by atoms with Gasteiger partial charge in [-0.2, -0.15) is 0 Å².